The maximum Gasteiger partial charge on any atom is 0.268 e. The number of ether oxygens (including phenoxy) is 3. The Hall–Kier alpha value is -8.11. The topological polar surface area (TPSA) is 46.2 Å². The van der Waals surface area contributed by atoms with Crippen molar-refractivity contribution in [3.8, 4) is 34.5 Å². The number of hydrogen-bond acceptors (Lipinski definition) is 8. The number of nitrogens with one attached hydrogen (secondary N) is 1. The van der Waals surface area contributed by atoms with Gasteiger partial charge in [0, 0.05) is 69.9 Å². The van der Waals surface area contributed by atoms with Crippen molar-refractivity contribution in [2.45, 2.75) is 120 Å². The Morgan fingerprint density at radius 3 is 1.32 bits per heavy atom. The van der Waals surface area contributed by atoms with E-state index in [0.717, 1.165) is 73.7 Å². The molecular weight excluding hydrogens is 1100 g/mol. The molecule has 0 bridgehead atoms. The lowest BCUT2D eigenvalue weighted by atomic mass is 9.30. The number of hydrogen-bond donors (Lipinski definition) is 1. The third kappa shape index (κ3) is 7.54. The van der Waals surface area contributed by atoms with Gasteiger partial charge >= 0.3 is 0 Å². The molecule has 0 saturated carbocycles. The van der Waals surface area contributed by atoms with Gasteiger partial charge in [0.2, 0.25) is 0 Å². The Labute approximate surface area is 520 Å². The van der Waals surface area contributed by atoms with E-state index in [1.807, 2.05) is 22.7 Å². The monoisotopic (exact) mass is 1170 g/mol. The minimum atomic E-state index is -0.214. The summed E-state index contributed by atoms with van der Waals surface area (Å²) < 4.78 is 27.4. The summed E-state index contributed by atoms with van der Waals surface area (Å²) >= 11 is 3.75. The van der Waals surface area contributed by atoms with Crippen LogP contribution in [-0.4, -0.2) is 20.1 Å². The Balaban J connectivity index is 0.991. The van der Waals surface area contributed by atoms with Crippen molar-refractivity contribution in [2.24, 2.45) is 0 Å². The van der Waals surface area contributed by atoms with Gasteiger partial charge in [0.1, 0.15) is 34.5 Å². The second kappa shape index (κ2) is 17.8. The predicted octanol–water partition coefficient (Wildman–Crippen LogP) is 15.3. The number of rotatable bonds is 2. The van der Waals surface area contributed by atoms with Crippen LogP contribution in [0, 0.1) is 41.5 Å². The average molecular weight is 1170 g/mol. The first-order valence-corrected chi connectivity index (χ1v) is 32.6. The molecular formula is C76H68B3N3O3S2. The molecule has 0 saturated heterocycles. The van der Waals surface area contributed by atoms with E-state index in [9.17, 15) is 0 Å². The van der Waals surface area contributed by atoms with Gasteiger partial charge in [0.25, 0.3) is 20.1 Å². The molecule has 0 atom stereocenters. The smallest absolute Gasteiger partial charge is 0.268 e. The number of aryl methyl sites for hydroxylation is 6. The molecule has 426 valence electrons. The predicted molar refractivity (Wildman–Crippen MR) is 374 cm³/mol. The van der Waals surface area contributed by atoms with Gasteiger partial charge in [-0.15, -0.1) is 22.7 Å². The van der Waals surface area contributed by atoms with Crippen LogP contribution in [0.2, 0.25) is 0 Å². The zero-order chi connectivity index (χ0) is 60.0. The summed E-state index contributed by atoms with van der Waals surface area (Å²) in [5, 5.41) is 6.47. The molecule has 0 fully saturated rings. The van der Waals surface area contributed by atoms with Crippen molar-refractivity contribution >= 4 is 156 Å². The van der Waals surface area contributed by atoms with Gasteiger partial charge in [-0.05, 0) is 202 Å². The maximum absolute atomic E-state index is 7.80. The highest BCUT2D eigenvalue weighted by molar-refractivity contribution is 7.34. The zero-order valence-electron chi connectivity index (χ0n) is 52.4. The fraction of sp³-hybridized carbons (Fsp3) is 0.237. The van der Waals surface area contributed by atoms with Gasteiger partial charge in [-0.1, -0.05) is 134 Å². The summed E-state index contributed by atoms with van der Waals surface area (Å²) in [4.78, 5) is 5.19. The van der Waals surface area contributed by atoms with Gasteiger partial charge in [-0.25, -0.2) is 0 Å². The van der Waals surface area contributed by atoms with Crippen LogP contribution in [0.15, 0.2) is 133 Å². The molecule has 9 aromatic carbocycles. The van der Waals surface area contributed by atoms with Gasteiger partial charge in [-0.3, -0.25) is 0 Å². The number of fused-ring (bicyclic) bond motifs is 16. The van der Waals surface area contributed by atoms with Crippen LogP contribution < -0.4 is 77.1 Å². The van der Waals surface area contributed by atoms with Crippen LogP contribution in [0.1, 0.15) is 112 Å². The highest BCUT2D eigenvalue weighted by atomic mass is 32.1. The molecule has 8 heterocycles. The van der Waals surface area contributed by atoms with Crippen molar-refractivity contribution in [3.05, 3.63) is 184 Å². The Morgan fingerprint density at radius 2 is 0.805 bits per heavy atom. The van der Waals surface area contributed by atoms with E-state index in [-0.39, 0.29) is 36.4 Å². The molecule has 11 aromatic rings. The van der Waals surface area contributed by atoms with E-state index in [4.69, 9.17) is 14.2 Å². The fourth-order valence-electron chi connectivity index (χ4n) is 15.8. The van der Waals surface area contributed by atoms with Crippen molar-refractivity contribution < 1.29 is 14.2 Å². The second-order valence-corrected chi connectivity index (χ2v) is 31.1. The van der Waals surface area contributed by atoms with E-state index >= 15 is 0 Å². The summed E-state index contributed by atoms with van der Waals surface area (Å²) in [5.41, 5.74) is 28.4. The Bertz CT molecular complexity index is 4910. The van der Waals surface area contributed by atoms with Crippen molar-refractivity contribution in [2.75, 3.05) is 15.1 Å². The summed E-state index contributed by atoms with van der Waals surface area (Å²) in [6.07, 6.45) is 0. The molecule has 11 heteroatoms. The lowest BCUT2D eigenvalue weighted by Gasteiger charge is -2.45. The number of thiophene rings is 2. The third-order valence-electron chi connectivity index (χ3n) is 19.7. The SMILES string of the molecule is Cc1cc(C)c(N2c3cc4c(cc3B3c5cc6c(cc5Oc5cc(C(C)(C)C)cc2c53)N(c2c(C)cc(C)cc2C)c2cc(C(C)(C)C)cc3c2B6c2sc5ccccc5c2O3)B2c3sc5ccccc5c3Oc3cc(C(C)(C)C)cc(c32)N4)c(C)c1. The quantitative estimate of drug-likeness (QED) is 0.174. The van der Waals surface area contributed by atoms with E-state index in [1.54, 1.807) is 0 Å². The fourth-order valence-corrected chi connectivity index (χ4v) is 18.3. The van der Waals surface area contributed by atoms with Crippen LogP contribution in [0.25, 0.3) is 20.2 Å². The van der Waals surface area contributed by atoms with Crippen molar-refractivity contribution in [3.63, 3.8) is 0 Å². The third-order valence-corrected chi connectivity index (χ3v) is 22.2. The van der Waals surface area contributed by atoms with Crippen molar-refractivity contribution in [1.29, 1.82) is 0 Å². The zero-order valence-corrected chi connectivity index (χ0v) is 54.0. The highest BCUT2D eigenvalue weighted by Crippen LogP contribution is 2.52. The molecule has 2 aromatic heterocycles. The molecule has 6 aliphatic heterocycles. The van der Waals surface area contributed by atoms with Crippen LogP contribution in [0.4, 0.5) is 45.5 Å². The van der Waals surface area contributed by atoms with Crippen LogP contribution in [0.3, 0.4) is 0 Å². The summed E-state index contributed by atoms with van der Waals surface area (Å²) in [6.45, 7) is 34.0. The number of benzene rings is 9. The molecule has 17 rings (SSSR count). The number of anilines is 8. The molecule has 0 aliphatic carbocycles. The maximum atomic E-state index is 7.80. The first-order chi connectivity index (χ1) is 41.5. The minimum absolute atomic E-state index is 0.0777. The first-order valence-electron chi connectivity index (χ1n) is 31.0. The second-order valence-electron chi connectivity index (χ2n) is 28.9. The summed E-state index contributed by atoms with van der Waals surface area (Å²) in [7, 11) is 0. The molecule has 1 N–H and O–H groups in total. The Kier molecular flexibility index (Phi) is 10.9. The van der Waals surface area contributed by atoms with Crippen LogP contribution >= 0.6 is 22.7 Å². The first kappa shape index (κ1) is 53.2. The normalized spacial score (nSPS) is 14.6. The lowest BCUT2D eigenvalue weighted by Crippen LogP contribution is -2.64. The summed E-state index contributed by atoms with van der Waals surface area (Å²) in [6, 6.07) is 51.5. The van der Waals surface area contributed by atoms with Crippen LogP contribution in [0.5, 0.6) is 34.5 Å². The Morgan fingerprint density at radius 1 is 0.379 bits per heavy atom. The van der Waals surface area contributed by atoms with Crippen LogP contribution in [-0.2, 0) is 16.2 Å². The average Bonchev–Trinajstić information content (AvgIpc) is 1.46. The number of nitrogens with zero attached hydrogens (tertiary/aromatic N) is 2. The van der Waals surface area contributed by atoms with E-state index in [1.165, 1.54) is 124 Å². The molecule has 0 unspecified atom stereocenters. The lowest BCUT2D eigenvalue weighted by molar-refractivity contribution is 0.483. The standard InChI is InChI=1S/C76H68B3N3O3S2/c1-38-24-40(3)68(41(4)25-38)81-55-36-53-49(78-65-54(80-53)28-44(74(7,8)9)31-60(65)84-70-47-20-16-18-22-63(47)86-72(70)78)34-50(55)77-52-35-51-56(37-59(52)83-61-32-45(75(10,11)12)29-57(81)66(61)77)82(69-42(5)26-39(2)27-43(69)6)58-30-46(76(13,14)15)33-62-67(58)79(51)73-71(85-62)48-21-17-19-23-64(48)87-73/h16-37,80H,1-15H3. The van der Waals surface area contributed by atoms with E-state index < -0.39 is 0 Å². The van der Waals surface area contributed by atoms with Gasteiger partial charge in [0.05, 0.1) is 11.4 Å². The van der Waals surface area contributed by atoms with Gasteiger partial charge in [0.15, 0.2) is 0 Å². The van der Waals surface area contributed by atoms with Gasteiger partial charge in [-0.2, -0.15) is 0 Å². The molecule has 6 nitrogen and oxygen atoms in total. The van der Waals surface area contributed by atoms with E-state index in [2.05, 4.69) is 252 Å². The van der Waals surface area contributed by atoms with E-state index in [0.29, 0.717) is 0 Å². The molecule has 0 amide bonds. The van der Waals surface area contributed by atoms with Crippen molar-refractivity contribution in [1.82, 2.24) is 0 Å². The molecule has 87 heavy (non-hydrogen) atoms. The summed E-state index contributed by atoms with van der Waals surface area (Å²) in [5.74, 6) is 5.60. The molecule has 0 radical (unpaired) electrons. The molecule has 6 aliphatic rings. The minimum Gasteiger partial charge on any atom is -0.458 e. The largest absolute Gasteiger partial charge is 0.458 e. The van der Waals surface area contributed by atoms with Gasteiger partial charge < -0.3 is 29.3 Å². The highest BCUT2D eigenvalue weighted by Gasteiger charge is 2.51. The molecule has 0 spiro atoms.